The molecule has 0 fully saturated rings. The number of nitrogens with zero attached hydrogens (tertiary/aromatic N) is 3. The Labute approximate surface area is 126 Å². The molecule has 0 aliphatic carbocycles. The lowest BCUT2D eigenvalue weighted by molar-refractivity contribution is 0.170. The smallest absolute Gasteiger partial charge is 0.127 e. The quantitative estimate of drug-likeness (QED) is 0.795. The normalized spacial score (nSPS) is 14.2. The van der Waals surface area contributed by atoms with Gasteiger partial charge in [0.2, 0.25) is 0 Å². The first-order chi connectivity index (χ1) is 9.24. The summed E-state index contributed by atoms with van der Waals surface area (Å²) in [5, 5.41) is -0.0974. The van der Waals surface area contributed by atoms with Gasteiger partial charge in [-0.25, -0.2) is 4.98 Å². The third-order valence-electron chi connectivity index (χ3n) is 4.12. The summed E-state index contributed by atoms with van der Waals surface area (Å²) in [6.07, 6.45) is 0. The molecule has 0 saturated carbocycles. The molecule has 110 valence electrons. The topological polar surface area (TPSA) is 21.1 Å². The zero-order valence-corrected chi connectivity index (χ0v) is 14.0. The average Bonchev–Trinajstić information content (AvgIpc) is 2.69. The molecule has 0 saturated heterocycles. The van der Waals surface area contributed by atoms with Crippen molar-refractivity contribution in [1.29, 1.82) is 0 Å². The number of para-hydroxylation sites is 1. The van der Waals surface area contributed by atoms with E-state index in [0.29, 0.717) is 0 Å². The zero-order chi connectivity index (χ0) is 15.1. The summed E-state index contributed by atoms with van der Waals surface area (Å²) in [5.41, 5.74) is 3.47. The second-order valence-electron chi connectivity index (χ2n) is 6.32. The van der Waals surface area contributed by atoms with Gasteiger partial charge >= 0.3 is 0 Å². The average molecular weight is 294 g/mol. The van der Waals surface area contributed by atoms with E-state index in [1.807, 2.05) is 6.92 Å². The largest absolute Gasteiger partial charge is 0.325 e. The Morgan fingerprint density at radius 3 is 2.55 bits per heavy atom. The Morgan fingerprint density at radius 2 is 2.00 bits per heavy atom. The van der Waals surface area contributed by atoms with Crippen molar-refractivity contribution in [2.24, 2.45) is 0 Å². The van der Waals surface area contributed by atoms with Gasteiger partial charge in [0.1, 0.15) is 5.82 Å². The first kappa shape index (κ1) is 15.3. The van der Waals surface area contributed by atoms with Crippen molar-refractivity contribution in [2.75, 3.05) is 14.1 Å². The number of aryl methyl sites for hydroxylation is 1. The van der Waals surface area contributed by atoms with Crippen LogP contribution < -0.4 is 0 Å². The minimum Gasteiger partial charge on any atom is -0.325 e. The lowest BCUT2D eigenvalue weighted by Crippen LogP contribution is -2.42. The molecule has 0 bridgehead atoms. The summed E-state index contributed by atoms with van der Waals surface area (Å²) in [7, 11) is 4.21. The summed E-state index contributed by atoms with van der Waals surface area (Å²) in [4.78, 5) is 7.00. The van der Waals surface area contributed by atoms with Gasteiger partial charge in [0.15, 0.2) is 0 Å². The number of benzene rings is 1. The molecule has 1 aromatic carbocycles. The third-order valence-corrected chi connectivity index (χ3v) is 4.32. The molecule has 1 aromatic heterocycles. The number of fused-ring (bicyclic) bond motifs is 1. The SMILES string of the molecule is Cc1cccc2c1nc(C(C)Cl)n2CC(C)(C)N(C)C. The molecule has 0 spiro atoms. The number of aromatic nitrogens is 2. The molecule has 2 rings (SSSR count). The van der Waals surface area contributed by atoms with Crippen LogP contribution in [0.3, 0.4) is 0 Å². The van der Waals surface area contributed by atoms with Crippen molar-refractivity contribution >= 4 is 22.6 Å². The maximum Gasteiger partial charge on any atom is 0.127 e. The van der Waals surface area contributed by atoms with Gasteiger partial charge < -0.3 is 9.47 Å². The summed E-state index contributed by atoms with van der Waals surface area (Å²) in [6.45, 7) is 9.41. The van der Waals surface area contributed by atoms with E-state index in [4.69, 9.17) is 16.6 Å². The second kappa shape index (κ2) is 5.38. The number of alkyl halides is 1. The van der Waals surface area contributed by atoms with Gasteiger partial charge in [0.05, 0.1) is 16.4 Å². The molecule has 1 atom stereocenters. The Kier molecular flexibility index (Phi) is 4.12. The van der Waals surface area contributed by atoms with Gasteiger partial charge in [-0.05, 0) is 53.4 Å². The van der Waals surface area contributed by atoms with Crippen LogP contribution in [0.1, 0.15) is 37.5 Å². The Morgan fingerprint density at radius 1 is 1.35 bits per heavy atom. The van der Waals surface area contributed by atoms with Crippen molar-refractivity contribution in [3.8, 4) is 0 Å². The standard InChI is InChI=1S/C16H24ClN3/c1-11-8-7-9-13-14(11)18-15(12(2)17)20(13)10-16(3,4)19(5)6/h7-9,12H,10H2,1-6H3. The van der Waals surface area contributed by atoms with E-state index in [-0.39, 0.29) is 10.9 Å². The van der Waals surface area contributed by atoms with Crippen LogP contribution in [-0.2, 0) is 6.54 Å². The van der Waals surface area contributed by atoms with Crippen molar-refractivity contribution in [2.45, 2.75) is 45.2 Å². The molecule has 0 N–H and O–H groups in total. The number of rotatable bonds is 4. The lowest BCUT2D eigenvalue weighted by atomic mass is 10.0. The second-order valence-corrected chi connectivity index (χ2v) is 6.98. The minimum absolute atomic E-state index is 0.0396. The highest BCUT2D eigenvalue weighted by Crippen LogP contribution is 2.28. The third kappa shape index (κ3) is 2.70. The fraction of sp³-hybridized carbons (Fsp3) is 0.562. The van der Waals surface area contributed by atoms with Crippen molar-refractivity contribution < 1.29 is 0 Å². The Bertz CT molecular complexity index is 611. The van der Waals surface area contributed by atoms with E-state index in [1.165, 1.54) is 11.1 Å². The highest BCUT2D eigenvalue weighted by Gasteiger charge is 2.25. The first-order valence-corrected chi connectivity index (χ1v) is 7.45. The molecule has 20 heavy (non-hydrogen) atoms. The Hall–Kier alpha value is -1.06. The molecule has 1 unspecified atom stereocenters. The van der Waals surface area contributed by atoms with E-state index in [0.717, 1.165) is 17.9 Å². The van der Waals surface area contributed by atoms with E-state index >= 15 is 0 Å². The summed E-state index contributed by atoms with van der Waals surface area (Å²) in [5.74, 6) is 0.950. The molecular formula is C16H24ClN3. The monoisotopic (exact) mass is 293 g/mol. The number of halogens is 1. The van der Waals surface area contributed by atoms with Crippen molar-refractivity contribution in [3.05, 3.63) is 29.6 Å². The van der Waals surface area contributed by atoms with Gasteiger partial charge in [0, 0.05) is 12.1 Å². The first-order valence-electron chi connectivity index (χ1n) is 7.01. The predicted octanol–water partition coefficient (Wildman–Crippen LogP) is 3.98. The van der Waals surface area contributed by atoms with Crippen LogP contribution in [0.4, 0.5) is 0 Å². The van der Waals surface area contributed by atoms with Gasteiger partial charge in [0.25, 0.3) is 0 Å². The highest BCUT2D eigenvalue weighted by atomic mass is 35.5. The van der Waals surface area contributed by atoms with Gasteiger partial charge in [-0.15, -0.1) is 11.6 Å². The summed E-state index contributed by atoms with van der Waals surface area (Å²) < 4.78 is 2.26. The van der Waals surface area contributed by atoms with Crippen LogP contribution in [0, 0.1) is 6.92 Å². The highest BCUT2D eigenvalue weighted by molar-refractivity contribution is 6.20. The van der Waals surface area contributed by atoms with Crippen molar-refractivity contribution in [1.82, 2.24) is 14.5 Å². The van der Waals surface area contributed by atoms with E-state index < -0.39 is 0 Å². The molecule has 0 radical (unpaired) electrons. The van der Waals surface area contributed by atoms with E-state index in [1.54, 1.807) is 0 Å². The van der Waals surface area contributed by atoms with Crippen LogP contribution >= 0.6 is 11.6 Å². The maximum absolute atomic E-state index is 6.34. The molecule has 0 aliphatic heterocycles. The van der Waals surface area contributed by atoms with Crippen LogP contribution in [-0.4, -0.2) is 34.1 Å². The summed E-state index contributed by atoms with van der Waals surface area (Å²) in [6, 6.07) is 6.31. The van der Waals surface area contributed by atoms with Crippen LogP contribution in [0.2, 0.25) is 0 Å². The van der Waals surface area contributed by atoms with Crippen LogP contribution in [0.5, 0.6) is 0 Å². The number of hydrogen-bond acceptors (Lipinski definition) is 2. The molecule has 4 heteroatoms. The molecule has 3 nitrogen and oxygen atoms in total. The van der Waals surface area contributed by atoms with Crippen LogP contribution in [0.25, 0.3) is 11.0 Å². The zero-order valence-electron chi connectivity index (χ0n) is 13.2. The molecule has 0 amide bonds. The summed E-state index contributed by atoms with van der Waals surface area (Å²) >= 11 is 6.34. The van der Waals surface area contributed by atoms with Crippen LogP contribution in [0.15, 0.2) is 18.2 Å². The van der Waals surface area contributed by atoms with E-state index in [2.05, 4.69) is 62.5 Å². The minimum atomic E-state index is -0.0974. The fourth-order valence-corrected chi connectivity index (χ4v) is 2.47. The Balaban J connectivity index is 2.61. The number of likely N-dealkylation sites (N-methyl/N-ethyl adjacent to an activating group) is 1. The van der Waals surface area contributed by atoms with Gasteiger partial charge in [-0.2, -0.15) is 0 Å². The molecule has 2 aromatic rings. The predicted molar refractivity (Wildman–Crippen MR) is 86.5 cm³/mol. The van der Waals surface area contributed by atoms with Crippen molar-refractivity contribution in [3.63, 3.8) is 0 Å². The number of hydrogen-bond donors (Lipinski definition) is 0. The van der Waals surface area contributed by atoms with Gasteiger partial charge in [-0.1, -0.05) is 12.1 Å². The van der Waals surface area contributed by atoms with Gasteiger partial charge in [-0.3, -0.25) is 0 Å². The molecule has 1 heterocycles. The lowest BCUT2D eigenvalue weighted by Gasteiger charge is -2.33. The van der Waals surface area contributed by atoms with E-state index in [9.17, 15) is 0 Å². The maximum atomic E-state index is 6.34. The molecule has 0 aliphatic rings. The fourth-order valence-electron chi connectivity index (χ4n) is 2.30. The number of imidazole rings is 1. The molecular weight excluding hydrogens is 270 g/mol.